The zero-order chi connectivity index (χ0) is 18.7. The molecule has 4 nitrogen and oxygen atoms in total. The Morgan fingerprint density at radius 1 is 1.28 bits per heavy atom. The number of benzene rings is 1. The van der Waals surface area contributed by atoms with Gasteiger partial charge in [0, 0.05) is 18.0 Å². The van der Waals surface area contributed by atoms with Crippen LogP contribution in [0.15, 0.2) is 41.4 Å². The molecule has 1 aliphatic rings. The molecular formula is C20H30ClN3O. The predicted molar refractivity (Wildman–Crippen MR) is 107 cm³/mol. The van der Waals surface area contributed by atoms with Crippen molar-refractivity contribution in [3.05, 3.63) is 47.0 Å². The molecule has 2 rings (SSSR count). The van der Waals surface area contributed by atoms with E-state index in [-0.39, 0.29) is 17.9 Å². The molecule has 1 fully saturated rings. The fourth-order valence-electron chi connectivity index (χ4n) is 2.80. The van der Waals surface area contributed by atoms with Gasteiger partial charge in [0.2, 0.25) is 5.91 Å². The van der Waals surface area contributed by atoms with E-state index in [1.54, 1.807) is 7.05 Å². The Hall–Kier alpha value is -1.65. The smallest absolute Gasteiger partial charge is 0.224 e. The average molecular weight is 364 g/mol. The molecule has 0 radical (unpaired) electrons. The number of halogens is 1. The van der Waals surface area contributed by atoms with Crippen molar-refractivity contribution in [2.24, 2.45) is 10.9 Å². The number of hydrogen-bond acceptors (Lipinski definition) is 3. The van der Waals surface area contributed by atoms with Crippen LogP contribution in [0.4, 0.5) is 0 Å². The van der Waals surface area contributed by atoms with Gasteiger partial charge < -0.3 is 10.6 Å². The van der Waals surface area contributed by atoms with Gasteiger partial charge in [-0.15, -0.1) is 0 Å². The second kappa shape index (κ2) is 11.8. The molecule has 25 heavy (non-hydrogen) atoms. The molecule has 0 aromatic heterocycles. The molecule has 1 atom stereocenters. The highest BCUT2D eigenvalue weighted by molar-refractivity contribution is 6.30. The minimum absolute atomic E-state index is 0.0646. The fourth-order valence-corrected chi connectivity index (χ4v) is 2.92. The number of allylic oxidation sites excluding steroid dienone is 1. The van der Waals surface area contributed by atoms with Crippen molar-refractivity contribution in [3.8, 4) is 0 Å². The maximum atomic E-state index is 12.6. The number of rotatable bonds is 5. The van der Waals surface area contributed by atoms with Gasteiger partial charge in [-0.2, -0.15) is 0 Å². The normalized spacial score (nSPS) is 16.9. The van der Waals surface area contributed by atoms with E-state index in [2.05, 4.69) is 15.6 Å². The SMILES string of the molecule is C/C=C\C(=NC)C(NC(=O)C1CCNCC1)c1ccc(Cl)cc1.CC. The first kappa shape index (κ1) is 21.4. The van der Waals surface area contributed by atoms with Crippen molar-refractivity contribution in [3.63, 3.8) is 0 Å². The standard InChI is InChI=1S/C18H24ClN3O.C2H6/c1-3-4-16(20-2)17(13-5-7-15(19)8-6-13)22-18(23)14-9-11-21-12-10-14;1-2/h3-8,14,17,21H,9-12H2,1-2H3,(H,22,23);1-2H3/b4-3-,20-16?;. The number of piperidine rings is 1. The van der Waals surface area contributed by atoms with Gasteiger partial charge in [0.05, 0.1) is 11.8 Å². The maximum absolute atomic E-state index is 12.6. The first-order valence-corrected chi connectivity index (χ1v) is 9.39. The molecule has 1 unspecified atom stereocenters. The van der Waals surface area contributed by atoms with Crippen molar-refractivity contribution in [1.29, 1.82) is 0 Å². The molecule has 1 heterocycles. The number of amides is 1. The van der Waals surface area contributed by atoms with Gasteiger partial charge in [0.25, 0.3) is 0 Å². The Labute approximate surface area is 156 Å². The Balaban J connectivity index is 0.00000151. The first-order valence-electron chi connectivity index (χ1n) is 9.01. The van der Waals surface area contributed by atoms with E-state index in [4.69, 9.17) is 11.6 Å². The summed E-state index contributed by atoms with van der Waals surface area (Å²) in [6.45, 7) is 7.74. The quantitative estimate of drug-likeness (QED) is 0.771. The third kappa shape index (κ3) is 6.63. The zero-order valence-electron chi connectivity index (χ0n) is 15.7. The van der Waals surface area contributed by atoms with Gasteiger partial charge in [-0.25, -0.2) is 0 Å². The molecule has 1 aromatic carbocycles. The molecule has 0 saturated carbocycles. The van der Waals surface area contributed by atoms with E-state index in [1.807, 2.05) is 57.2 Å². The lowest BCUT2D eigenvalue weighted by Crippen LogP contribution is -2.41. The molecule has 0 aliphatic carbocycles. The van der Waals surface area contributed by atoms with Gasteiger partial charge in [-0.1, -0.05) is 43.7 Å². The van der Waals surface area contributed by atoms with Crippen LogP contribution in [-0.4, -0.2) is 31.8 Å². The van der Waals surface area contributed by atoms with Gasteiger partial charge in [0.1, 0.15) is 0 Å². The zero-order valence-corrected chi connectivity index (χ0v) is 16.4. The van der Waals surface area contributed by atoms with E-state index in [0.29, 0.717) is 5.02 Å². The number of carbonyl (C=O) groups is 1. The molecule has 1 aliphatic heterocycles. The van der Waals surface area contributed by atoms with Crippen LogP contribution in [-0.2, 0) is 4.79 Å². The number of aliphatic imine (C=N–C) groups is 1. The largest absolute Gasteiger partial charge is 0.343 e. The van der Waals surface area contributed by atoms with E-state index in [1.165, 1.54) is 0 Å². The summed E-state index contributed by atoms with van der Waals surface area (Å²) in [5.41, 5.74) is 1.81. The highest BCUT2D eigenvalue weighted by Crippen LogP contribution is 2.21. The second-order valence-electron chi connectivity index (χ2n) is 5.67. The minimum atomic E-state index is -0.254. The third-order valence-electron chi connectivity index (χ3n) is 4.09. The van der Waals surface area contributed by atoms with Crippen LogP contribution in [0.1, 0.15) is 45.2 Å². The summed E-state index contributed by atoms with van der Waals surface area (Å²) in [7, 11) is 1.74. The molecule has 0 spiro atoms. The summed E-state index contributed by atoms with van der Waals surface area (Å²) in [6, 6.07) is 7.29. The lowest BCUT2D eigenvalue weighted by atomic mass is 9.95. The van der Waals surface area contributed by atoms with Crippen LogP contribution in [0, 0.1) is 5.92 Å². The summed E-state index contributed by atoms with van der Waals surface area (Å²) in [5.74, 6) is 0.159. The van der Waals surface area contributed by atoms with Gasteiger partial charge >= 0.3 is 0 Å². The summed E-state index contributed by atoms with van der Waals surface area (Å²) >= 11 is 5.98. The summed E-state index contributed by atoms with van der Waals surface area (Å²) in [4.78, 5) is 17.0. The summed E-state index contributed by atoms with van der Waals surface area (Å²) in [6.07, 6.45) is 5.62. The van der Waals surface area contributed by atoms with Crippen LogP contribution in [0.5, 0.6) is 0 Å². The Morgan fingerprint density at radius 2 is 1.88 bits per heavy atom. The lowest BCUT2D eigenvalue weighted by Gasteiger charge is -2.26. The number of hydrogen-bond donors (Lipinski definition) is 2. The van der Waals surface area contributed by atoms with Crippen LogP contribution >= 0.6 is 11.6 Å². The maximum Gasteiger partial charge on any atom is 0.224 e. The highest BCUT2D eigenvalue weighted by atomic mass is 35.5. The lowest BCUT2D eigenvalue weighted by molar-refractivity contribution is -0.126. The molecule has 1 amide bonds. The van der Waals surface area contributed by atoms with Crippen LogP contribution < -0.4 is 10.6 Å². The van der Waals surface area contributed by atoms with Crippen molar-refractivity contribution in [1.82, 2.24) is 10.6 Å². The average Bonchev–Trinajstić information content (AvgIpc) is 2.67. The van der Waals surface area contributed by atoms with Crippen LogP contribution in [0.3, 0.4) is 0 Å². The molecule has 2 N–H and O–H groups in total. The Morgan fingerprint density at radius 3 is 2.40 bits per heavy atom. The number of carbonyl (C=O) groups excluding carboxylic acids is 1. The van der Waals surface area contributed by atoms with Crippen molar-refractivity contribution < 1.29 is 4.79 Å². The molecule has 138 valence electrons. The fraction of sp³-hybridized carbons (Fsp3) is 0.500. The van der Waals surface area contributed by atoms with Crippen molar-refractivity contribution in [2.45, 2.75) is 39.7 Å². The molecule has 5 heteroatoms. The van der Waals surface area contributed by atoms with E-state index in [0.717, 1.165) is 37.2 Å². The van der Waals surface area contributed by atoms with Crippen LogP contribution in [0.25, 0.3) is 0 Å². The van der Waals surface area contributed by atoms with Gasteiger partial charge in [0.15, 0.2) is 0 Å². The number of nitrogens with one attached hydrogen (secondary N) is 2. The van der Waals surface area contributed by atoms with E-state index in [9.17, 15) is 4.79 Å². The molecule has 1 aromatic rings. The molecular weight excluding hydrogens is 334 g/mol. The van der Waals surface area contributed by atoms with E-state index >= 15 is 0 Å². The highest BCUT2D eigenvalue weighted by Gasteiger charge is 2.25. The molecule has 0 bridgehead atoms. The van der Waals surface area contributed by atoms with Gasteiger partial charge in [-0.05, 0) is 56.6 Å². The van der Waals surface area contributed by atoms with Crippen molar-refractivity contribution >= 4 is 23.2 Å². The van der Waals surface area contributed by atoms with Crippen LogP contribution in [0.2, 0.25) is 5.02 Å². The number of nitrogens with zero attached hydrogens (tertiary/aromatic N) is 1. The first-order chi connectivity index (χ1) is 12.2. The Kier molecular flexibility index (Phi) is 10.1. The van der Waals surface area contributed by atoms with Crippen molar-refractivity contribution in [2.75, 3.05) is 20.1 Å². The van der Waals surface area contributed by atoms with E-state index < -0.39 is 0 Å². The third-order valence-corrected chi connectivity index (χ3v) is 4.34. The summed E-state index contributed by atoms with van der Waals surface area (Å²) in [5, 5.41) is 7.13. The topological polar surface area (TPSA) is 53.5 Å². The Bertz CT molecular complexity index is 575. The summed E-state index contributed by atoms with van der Waals surface area (Å²) < 4.78 is 0. The molecule has 1 saturated heterocycles. The predicted octanol–water partition coefficient (Wildman–Crippen LogP) is 4.17. The monoisotopic (exact) mass is 363 g/mol. The second-order valence-corrected chi connectivity index (χ2v) is 6.10. The van der Waals surface area contributed by atoms with Gasteiger partial charge in [-0.3, -0.25) is 9.79 Å². The minimum Gasteiger partial charge on any atom is -0.343 e.